The van der Waals surface area contributed by atoms with Crippen LogP contribution in [0.25, 0.3) is 0 Å². The van der Waals surface area contributed by atoms with E-state index >= 15 is 0 Å². The number of nitrogens with one attached hydrogen (secondary N) is 2. The lowest BCUT2D eigenvalue weighted by Gasteiger charge is -2.63. The van der Waals surface area contributed by atoms with Crippen molar-refractivity contribution in [1.29, 1.82) is 5.26 Å². The van der Waals surface area contributed by atoms with Crippen molar-refractivity contribution in [2.45, 2.75) is 110 Å². The van der Waals surface area contributed by atoms with Crippen LogP contribution in [0.15, 0.2) is 48.5 Å². The third kappa shape index (κ3) is 8.73. The Bertz CT molecular complexity index is 2410. The van der Waals surface area contributed by atoms with Gasteiger partial charge in [0.05, 0.1) is 36.5 Å². The first-order valence-electron chi connectivity index (χ1n) is 23.1. The van der Waals surface area contributed by atoms with Gasteiger partial charge in [0.25, 0.3) is 17.7 Å². The molecule has 350 valence electrons. The van der Waals surface area contributed by atoms with Gasteiger partial charge in [0, 0.05) is 86.7 Å². The monoisotopic (exact) mass is 902 g/mol. The molecule has 2 saturated heterocycles. The summed E-state index contributed by atoms with van der Waals surface area (Å²) in [5, 5.41) is 15.1. The molecule has 2 aliphatic carbocycles. The molecule has 0 bridgehead atoms. The third-order valence-corrected chi connectivity index (χ3v) is 14.8. The van der Waals surface area contributed by atoms with Crippen LogP contribution in [0.1, 0.15) is 114 Å². The molecule has 1 atom stereocenters. The van der Waals surface area contributed by atoms with Crippen molar-refractivity contribution in [3.63, 3.8) is 0 Å². The van der Waals surface area contributed by atoms with Crippen LogP contribution in [-0.2, 0) is 14.3 Å². The van der Waals surface area contributed by atoms with E-state index in [1.165, 1.54) is 19.2 Å². The highest BCUT2D eigenvalue weighted by atomic mass is 16.5. The third-order valence-electron chi connectivity index (χ3n) is 14.8. The fourth-order valence-corrected chi connectivity index (χ4v) is 11.3. The van der Waals surface area contributed by atoms with Crippen molar-refractivity contribution in [1.82, 2.24) is 20.4 Å². The first kappa shape index (κ1) is 46.5. The summed E-state index contributed by atoms with van der Waals surface area (Å²) in [7, 11) is 3.20. The van der Waals surface area contributed by atoms with Crippen LogP contribution in [0, 0.1) is 41.9 Å². The molecule has 0 aromatic heterocycles. The number of piperidine rings is 2. The number of anilines is 1. The Morgan fingerprint density at radius 2 is 1.50 bits per heavy atom. The molecule has 15 nitrogen and oxygen atoms in total. The molecule has 1 unspecified atom stereocenters. The van der Waals surface area contributed by atoms with Gasteiger partial charge in [-0.05, 0) is 98.7 Å². The molecule has 3 aliphatic heterocycles. The fourth-order valence-electron chi connectivity index (χ4n) is 11.3. The van der Waals surface area contributed by atoms with Crippen molar-refractivity contribution in [2.24, 2.45) is 16.7 Å². The lowest BCUT2D eigenvalue weighted by atomic mass is 9.49. The van der Waals surface area contributed by atoms with E-state index in [-0.39, 0.29) is 59.0 Å². The maximum Gasteiger partial charge on any atom is 0.262 e. The van der Waals surface area contributed by atoms with Gasteiger partial charge in [0.15, 0.2) is 11.5 Å². The van der Waals surface area contributed by atoms with E-state index < -0.39 is 29.7 Å². The van der Waals surface area contributed by atoms with Crippen molar-refractivity contribution < 1.29 is 42.9 Å². The number of ether oxygens (including phenoxy) is 4. The minimum Gasteiger partial charge on any atom is -0.493 e. The number of nitriles is 1. The molecule has 8 rings (SSSR count). The zero-order valence-electron chi connectivity index (χ0n) is 39.3. The van der Waals surface area contributed by atoms with Gasteiger partial charge in [-0.25, -0.2) is 0 Å². The highest BCUT2D eigenvalue weighted by Gasteiger charge is 2.64. The largest absolute Gasteiger partial charge is 0.493 e. The second-order valence-corrected chi connectivity index (χ2v) is 19.9. The minimum absolute atomic E-state index is 0.0455. The summed E-state index contributed by atoms with van der Waals surface area (Å²) in [6.45, 7) is 16.5. The molecule has 3 heterocycles. The standard InChI is InChI=1S/C51H62N6O9/c1-29-21-35(22-30(2)39(29)27-52)66-49-50(3,4)48(51(49,5)6)54-44(59)32-9-11-33(12-10-32)55-17-15-31(16-18-55)28-56(19-20-63-7)34-23-36(24-34)65-42-26-38-37(25-41(42)64-8)46(61)57(47(38)62)40-13-14-43(58)53-45(40)60/h9-12,21-22,25-26,31,34,36,40,48-49H,13-20,23-24,28H2,1-8H3,(H,54,59)(H,53,58,60). The zero-order valence-corrected chi connectivity index (χ0v) is 39.3. The van der Waals surface area contributed by atoms with E-state index in [9.17, 15) is 29.2 Å². The molecule has 3 aromatic carbocycles. The van der Waals surface area contributed by atoms with Gasteiger partial charge in [0.2, 0.25) is 11.8 Å². The number of aryl methyl sites for hydroxylation is 2. The SMILES string of the molecule is COCCN(CC1CCN(c2ccc(C(=O)NC3C(C)(C)C(Oc4cc(C)c(C#N)c(C)c4)C3(C)C)cc2)CC1)C1CC(Oc2cc3c(cc2OC)C(=O)N(C2CCC(=O)NC2=O)C3=O)C1. The molecule has 0 spiro atoms. The number of hydrogen-bond acceptors (Lipinski definition) is 12. The van der Waals surface area contributed by atoms with Crippen LogP contribution in [0.3, 0.4) is 0 Å². The number of methoxy groups -OCH3 is 2. The summed E-state index contributed by atoms with van der Waals surface area (Å²) in [5.41, 5.74) is 3.80. The molecular weight excluding hydrogens is 841 g/mol. The first-order chi connectivity index (χ1) is 31.4. The molecule has 2 N–H and O–H groups in total. The number of hydrogen-bond donors (Lipinski definition) is 2. The van der Waals surface area contributed by atoms with Crippen LogP contribution in [0.5, 0.6) is 17.2 Å². The number of nitrogens with zero attached hydrogens (tertiary/aromatic N) is 4. The molecule has 2 saturated carbocycles. The average molecular weight is 903 g/mol. The van der Waals surface area contributed by atoms with Crippen molar-refractivity contribution in [2.75, 3.05) is 51.9 Å². The summed E-state index contributed by atoms with van der Waals surface area (Å²) in [6, 6.07) is 16.2. The Morgan fingerprint density at radius 3 is 2.08 bits per heavy atom. The lowest BCUT2D eigenvalue weighted by molar-refractivity contribution is -0.164. The van der Waals surface area contributed by atoms with Gasteiger partial charge in [-0.15, -0.1) is 0 Å². The smallest absolute Gasteiger partial charge is 0.262 e. The number of rotatable bonds is 15. The first-order valence-corrected chi connectivity index (χ1v) is 23.1. The van der Waals surface area contributed by atoms with Gasteiger partial charge in [-0.3, -0.25) is 39.1 Å². The molecule has 4 fully saturated rings. The van der Waals surface area contributed by atoms with Gasteiger partial charge < -0.3 is 29.2 Å². The second-order valence-electron chi connectivity index (χ2n) is 19.9. The predicted molar refractivity (Wildman–Crippen MR) is 246 cm³/mol. The molecular formula is C51H62N6O9. The Morgan fingerprint density at radius 1 is 0.879 bits per heavy atom. The number of benzene rings is 3. The number of carbonyl (C=O) groups is 5. The molecule has 5 aliphatic rings. The summed E-state index contributed by atoms with van der Waals surface area (Å²) in [5.74, 6) is -0.437. The minimum atomic E-state index is -1.05. The summed E-state index contributed by atoms with van der Waals surface area (Å²) < 4.78 is 24.1. The van der Waals surface area contributed by atoms with Gasteiger partial charge in [-0.2, -0.15) is 5.26 Å². The molecule has 0 radical (unpaired) electrons. The maximum absolute atomic E-state index is 13.7. The molecule has 5 amide bonds. The van der Waals surface area contributed by atoms with Crippen molar-refractivity contribution >= 4 is 35.2 Å². The van der Waals surface area contributed by atoms with Gasteiger partial charge >= 0.3 is 0 Å². The topological polar surface area (TPSA) is 180 Å². The summed E-state index contributed by atoms with van der Waals surface area (Å²) >= 11 is 0. The number of fused-ring (bicyclic) bond motifs is 1. The van der Waals surface area contributed by atoms with E-state index in [1.54, 1.807) is 7.11 Å². The number of imide groups is 2. The maximum atomic E-state index is 13.7. The normalized spacial score (nSPS) is 24.5. The van der Waals surface area contributed by atoms with E-state index in [4.69, 9.17) is 18.9 Å². The van der Waals surface area contributed by atoms with Crippen LogP contribution in [-0.4, -0.2) is 117 Å². The van der Waals surface area contributed by atoms with Crippen molar-refractivity contribution in [3.05, 3.63) is 81.9 Å². The predicted octanol–water partition coefficient (Wildman–Crippen LogP) is 5.97. The van der Waals surface area contributed by atoms with Crippen molar-refractivity contribution in [3.8, 4) is 23.3 Å². The Hall–Kier alpha value is -5.98. The average Bonchev–Trinajstić information content (AvgIpc) is 3.51. The highest BCUT2D eigenvalue weighted by Crippen LogP contribution is 2.55. The second kappa shape index (κ2) is 18.4. The van der Waals surface area contributed by atoms with Gasteiger partial charge in [-0.1, -0.05) is 27.7 Å². The van der Waals surface area contributed by atoms with E-state index in [0.29, 0.717) is 41.2 Å². The number of amides is 5. The van der Waals surface area contributed by atoms with Crippen LogP contribution >= 0.6 is 0 Å². The highest BCUT2D eigenvalue weighted by molar-refractivity contribution is 6.23. The van der Waals surface area contributed by atoms with E-state index in [2.05, 4.69) is 54.2 Å². The molecule has 66 heavy (non-hydrogen) atoms. The molecule has 15 heteroatoms. The lowest BCUT2D eigenvalue weighted by Crippen LogP contribution is -2.74. The Balaban J connectivity index is 0.821. The Labute approximate surface area is 387 Å². The molecule has 3 aromatic rings. The quantitative estimate of drug-likeness (QED) is 0.171. The fraction of sp³-hybridized carbons (Fsp3) is 0.529. The number of carbonyl (C=O) groups excluding carboxylic acids is 5. The van der Waals surface area contributed by atoms with Crippen LogP contribution in [0.2, 0.25) is 0 Å². The van der Waals surface area contributed by atoms with Crippen LogP contribution < -0.4 is 29.7 Å². The zero-order chi connectivity index (χ0) is 47.2. The van der Waals surface area contributed by atoms with Gasteiger partial charge in [0.1, 0.15) is 24.0 Å². The van der Waals surface area contributed by atoms with Crippen LogP contribution in [0.4, 0.5) is 5.69 Å². The summed E-state index contributed by atoms with van der Waals surface area (Å²) in [4.78, 5) is 70.6. The van der Waals surface area contributed by atoms with E-state index in [0.717, 1.165) is 79.3 Å². The summed E-state index contributed by atoms with van der Waals surface area (Å²) in [6.07, 6.45) is 3.48. The van der Waals surface area contributed by atoms with E-state index in [1.807, 2.05) is 50.2 Å². The Kier molecular flexibility index (Phi) is 12.9.